The molecule has 2 saturated heterocycles. The third kappa shape index (κ3) is 2.77. The minimum Gasteiger partial charge on any atom is -0.329 e. The van der Waals surface area contributed by atoms with Crippen molar-refractivity contribution in [2.45, 2.75) is 81.8 Å². The number of fused-ring (bicyclic) bond motifs is 1. The molecule has 0 amide bonds. The van der Waals surface area contributed by atoms with Gasteiger partial charge in [0.2, 0.25) is 0 Å². The van der Waals surface area contributed by atoms with E-state index in [1.54, 1.807) is 0 Å². The highest BCUT2D eigenvalue weighted by molar-refractivity contribution is 5.02. The van der Waals surface area contributed by atoms with Gasteiger partial charge in [-0.1, -0.05) is 25.7 Å². The second-order valence-electron chi connectivity index (χ2n) is 7.47. The molecule has 0 spiro atoms. The Labute approximate surface area is 124 Å². The molecule has 3 heteroatoms. The first-order valence-corrected chi connectivity index (χ1v) is 8.92. The first-order chi connectivity index (χ1) is 9.75. The van der Waals surface area contributed by atoms with Gasteiger partial charge in [-0.25, -0.2) is 0 Å². The number of nitrogens with zero attached hydrogens (tertiary/aromatic N) is 2. The molecule has 3 fully saturated rings. The van der Waals surface area contributed by atoms with E-state index >= 15 is 0 Å². The number of hydrogen-bond donors (Lipinski definition) is 1. The fraction of sp³-hybridized carbons (Fsp3) is 1.00. The van der Waals surface area contributed by atoms with Crippen LogP contribution in [0.25, 0.3) is 0 Å². The predicted molar refractivity (Wildman–Crippen MR) is 84.9 cm³/mol. The summed E-state index contributed by atoms with van der Waals surface area (Å²) in [5, 5.41) is 0. The second-order valence-corrected chi connectivity index (χ2v) is 7.47. The number of hydrogen-bond acceptors (Lipinski definition) is 3. The lowest BCUT2D eigenvalue weighted by molar-refractivity contribution is -0.00263. The maximum Gasteiger partial charge on any atom is 0.0358 e. The van der Waals surface area contributed by atoms with Gasteiger partial charge >= 0.3 is 0 Å². The summed E-state index contributed by atoms with van der Waals surface area (Å²) < 4.78 is 0. The van der Waals surface area contributed by atoms with Crippen LogP contribution < -0.4 is 5.73 Å². The molecular formula is C17H33N3. The minimum atomic E-state index is 0.292. The molecule has 3 nitrogen and oxygen atoms in total. The Balaban J connectivity index is 1.70. The molecule has 0 aromatic heterocycles. The van der Waals surface area contributed by atoms with E-state index in [-0.39, 0.29) is 0 Å². The lowest BCUT2D eigenvalue weighted by Gasteiger charge is -2.51. The largest absolute Gasteiger partial charge is 0.329 e. The van der Waals surface area contributed by atoms with Gasteiger partial charge in [0.25, 0.3) is 0 Å². The highest BCUT2D eigenvalue weighted by Crippen LogP contribution is 2.38. The van der Waals surface area contributed by atoms with Crippen LogP contribution >= 0.6 is 0 Å². The third-order valence-corrected chi connectivity index (χ3v) is 6.48. The topological polar surface area (TPSA) is 32.5 Å². The van der Waals surface area contributed by atoms with E-state index in [9.17, 15) is 0 Å². The van der Waals surface area contributed by atoms with Crippen LogP contribution in [0, 0.1) is 0 Å². The average Bonchev–Trinajstić information content (AvgIpc) is 2.77. The van der Waals surface area contributed by atoms with Gasteiger partial charge in [-0.3, -0.25) is 4.90 Å². The molecule has 0 radical (unpaired) electrons. The molecule has 0 aromatic rings. The summed E-state index contributed by atoms with van der Waals surface area (Å²) in [6.45, 7) is 3.46. The van der Waals surface area contributed by atoms with Gasteiger partial charge < -0.3 is 10.6 Å². The predicted octanol–water partition coefficient (Wildman–Crippen LogP) is 2.60. The fourth-order valence-electron chi connectivity index (χ4n) is 5.00. The van der Waals surface area contributed by atoms with Crippen molar-refractivity contribution >= 4 is 0 Å². The summed E-state index contributed by atoms with van der Waals surface area (Å²) in [6, 6.07) is 1.61. The first kappa shape index (κ1) is 14.8. The van der Waals surface area contributed by atoms with Crippen molar-refractivity contribution in [2.24, 2.45) is 5.73 Å². The molecular weight excluding hydrogens is 246 g/mol. The van der Waals surface area contributed by atoms with Crippen molar-refractivity contribution in [3.05, 3.63) is 0 Å². The van der Waals surface area contributed by atoms with Gasteiger partial charge in [0.05, 0.1) is 0 Å². The van der Waals surface area contributed by atoms with Crippen LogP contribution in [0.4, 0.5) is 0 Å². The zero-order valence-electron chi connectivity index (χ0n) is 13.3. The van der Waals surface area contributed by atoms with Crippen LogP contribution in [0.2, 0.25) is 0 Å². The summed E-state index contributed by atoms with van der Waals surface area (Å²) >= 11 is 0. The van der Waals surface area contributed by atoms with Crippen LogP contribution in [0.3, 0.4) is 0 Å². The highest BCUT2D eigenvalue weighted by Gasteiger charge is 2.44. The first-order valence-electron chi connectivity index (χ1n) is 8.92. The van der Waals surface area contributed by atoms with Gasteiger partial charge in [0.15, 0.2) is 0 Å². The third-order valence-electron chi connectivity index (χ3n) is 6.48. The van der Waals surface area contributed by atoms with E-state index in [0.29, 0.717) is 5.54 Å². The zero-order valence-corrected chi connectivity index (χ0v) is 13.3. The number of nitrogens with two attached hydrogens (primary N) is 1. The SMILES string of the molecule is CN(C1CCCCCC1)C1(CN)CCN2CCCC2C1. The molecule has 2 N–H and O–H groups in total. The molecule has 2 aliphatic heterocycles. The minimum absolute atomic E-state index is 0.292. The van der Waals surface area contributed by atoms with Crippen molar-refractivity contribution in [3.8, 4) is 0 Å². The monoisotopic (exact) mass is 279 g/mol. The molecule has 3 aliphatic rings. The maximum absolute atomic E-state index is 6.31. The van der Waals surface area contributed by atoms with Gasteiger partial charge in [-0.15, -0.1) is 0 Å². The summed E-state index contributed by atoms with van der Waals surface area (Å²) in [5.74, 6) is 0. The Morgan fingerprint density at radius 3 is 2.50 bits per heavy atom. The molecule has 0 aromatic carbocycles. The summed E-state index contributed by atoms with van der Waals surface area (Å²) in [5.41, 5.74) is 6.60. The molecule has 116 valence electrons. The lowest BCUT2D eigenvalue weighted by atomic mass is 9.80. The Kier molecular flexibility index (Phi) is 4.68. The maximum atomic E-state index is 6.31. The number of rotatable bonds is 3. The molecule has 2 unspecified atom stereocenters. The lowest BCUT2D eigenvalue weighted by Crippen LogP contribution is -2.62. The quantitative estimate of drug-likeness (QED) is 0.806. The van der Waals surface area contributed by atoms with Crippen LogP contribution in [-0.4, -0.2) is 54.1 Å². The molecule has 20 heavy (non-hydrogen) atoms. The van der Waals surface area contributed by atoms with Crippen molar-refractivity contribution in [2.75, 3.05) is 26.7 Å². The van der Waals surface area contributed by atoms with E-state index in [2.05, 4.69) is 16.8 Å². The normalized spacial score (nSPS) is 37.0. The smallest absolute Gasteiger partial charge is 0.0358 e. The second kappa shape index (κ2) is 6.33. The Morgan fingerprint density at radius 1 is 1.05 bits per heavy atom. The zero-order chi connectivity index (χ0) is 14.0. The molecule has 3 rings (SSSR count). The average molecular weight is 279 g/mol. The van der Waals surface area contributed by atoms with E-state index in [0.717, 1.165) is 18.6 Å². The van der Waals surface area contributed by atoms with Crippen LogP contribution in [0.15, 0.2) is 0 Å². The van der Waals surface area contributed by atoms with Crippen molar-refractivity contribution < 1.29 is 0 Å². The van der Waals surface area contributed by atoms with E-state index in [4.69, 9.17) is 5.73 Å². The van der Waals surface area contributed by atoms with Crippen LogP contribution in [0.1, 0.15) is 64.2 Å². The van der Waals surface area contributed by atoms with Crippen molar-refractivity contribution in [3.63, 3.8) is 0 Å². The highest BCUT2D eigenvalue weighted by atomic mass is 15.3. The van der Waals surface area contributed by atoms with Gasteiger partial charge in [-0.05, 0) is 52.1 Å². The number of piperidine rings is 1. The Bertz CT molecular complexity index is 311. The standard InChI is InChI=1S/C17H33N3/c1-19(15-7-4-2-3-5-8-15)17(14-18)10-12-20-11-6-9-16(20)13-17/h15-16H,2-14,18H2,1H3. The molecule has 1 saturated carbocycles. The molecule has 2 atom stereocenters. The van der Waals surface area contributed by atoms with Gasteiger partial charge in [-0.2, -0.15) is 0 Å². The van der Waals surface area contributed by atoms with Gasteiger partial charge in [0.1, 0.15) is 0 Å². The van der Waals surface area contributed by atoms with E-state index in [1.807, 2.05) is 0 Å². The Morgan fingerprint density at radius 2 is 1.80 bits per heavy atom. The van der Waals surface area contributed by atoms with Gasteiger partial charge in [0, 0.05) is 30.7 Å². The van der Waals surface area contributed by atoms with Crippen molar-refractivity contribution in [1.82, 2.24) is 9.80 Å². The van der Waals surface area contributed by atoms with Crippen molar-refractivity contribution in [1.29, 1.82) is 0 Å². The van der Waals surface area contributed by atoms with E-state index < -0.39 is 0 Å². The molecule has 1 aliphatic carbocycles. The fourth-order valence-corrected chi connectivity index (χ4v) is 5.00. The summed E-state index contributed by atoms with van der Waals surface area (Å²) in [6.07, 6.45) is 13.9. The summed E-state index contributed by atoms with van der Waals surface area (Å²) in [7, 11) is 2.38. The Hall–Kier alpha value is -0.120. The van der Waals surface area contributed by atoms with Crippen LogP contribution in [0.5, 0.6) is 0 Å². The molecule has 2 heterocycles. The van der Waals surface area contributed by atoms with E-state index in [1.165, 1.54) is 77.3 Å². The van der Waals surface area contributed by atoms with Crippen LogP contribution in [-0.2, 0) is 0 Å². The molecule has 0 bridgehead atoms. The number of likely N-dealkylation sites (N-methyl/N-ethyl adjacent to an activating group) is 1. The summed E-state index contributed by atoms with van der Waals surface area (Å²) in [4.78, 5) is 5.45.